The lowest BCUT2D eigenvalue weighted by atomic mass is 9.98. The number of hydrogen-bond acceptors (Lipinski definition) is 4. The average Bonchev–Trinajstić information content (AvgIpc) is 3.19. The molecule has 2 amide bonds. The molecule has 0 aliphatic heterocycles. The summed E-state index contributed by atoms with van der Waals surface area (Å²) in [6.45, 7) is 2.02. The Labute approximate surface area is 204 Å². The van der Waals surface area contributed by atoms with Gasteiger partial charge >= 0.3 is 12.1 Å². The van der Waals surface area contributed by atoms with Crippen LogP contribution < -0.4 is 10.6 Å². The Morgan fingerprint density at radius 2 is 1.43 bits per heavy atom. The molecule has 1 aliphatic carbocycles. The van der Waals surface area contributed by atoms with Gasteiger partial charge in [0.1, 0.15) is 6.61 Å². The van der Waals surface area contributed by atoms with Crippen molar-refractivity contribution in [1.29, 1.82) is 0 Å². The van der Waals surface area contributed by atoms with Gasteiger partial charge in [0.2, 0.25) is 5.91 Å². The molecular weight excluding hydrogens is 444 g/mol. The molecule has 1 aliphatic rings. The highest BCUT2D eigenvalue weighted by molar-refractivity contribution is 5.85. The van der Waals surface area contributed by atoms with Gasteiger partial charge in [-0.15, -0.1) is 0 Å². The second-order valence-electron chi connectivity index (χ2n) is 8.53. The summed E-state index contributed by atoms with van der Waals surface area (Å²) >= 11 is 0. The number of amides is 2. The van der Waals surface area contributed by atoms with E-state index in [0.29, 0.717) is 12.0 Å². The number of nitrogens with one attached hydrogen (secondary N) is 2. The van der Waals surface area contributed by atoms with E-state index < -0.39 is 30.1 Å². The fourth-order valence-electron chi connectivity index (χ4n) is 4.48. The standard InChI is InChI=1S/C28H28N2O5/c1-2-19(16-25(31)30-26(27(32)33)18-10-4-3-5-11-18)29-28(34)35-17-24-22-14-8-6-12-20(22)21-13-7-9-15-23(21)24/h3-15,19,24,26H,2,16-17H2,1H3,(H,29,34)(H,30,31)(H,32,33)/t19-,26+/m1/s1. The molecule has 0 aromatic heterocycles. The monoisotopic (exact) mass is 472 g/mol. The molecule has 0 radical (unpaired) electrons. The predicted molar refractivity (Wildman–Crippen MR) is 132 cm³/mol. The van der Waals surface area contributed by atoms with E-state index >= 15 is 0 Å². The van der Waals surface area contributed by atoms with Crippen LogP contribution in [-0.2, 0) is 14.3 Å². The quantitative estimate of drug-likeness (QED) is 0.421. The zero-order chi connectivity index (χ0) is 24.8. The number of carboxylic acids is 1. The van der Waals surface area contributed by atoms with E-state index in [1.54, 1.807) is 30.3 Å². The predicted octanol–water partition coefficient (Wildman–Crippen LogP) is 4.64. The number of benzene rings is 3. The van der Waals surface area contributed by atoms with Crippen LogP contribution in [0.15, 0.2) is 78.9 Å². The Kier molecular flexibility index (Phi) is 7.45. The molecule has 7 nitrogen and oxygen atoms in total. The molecule has 2 atom stereocenters. The molecule has 0 fully saturated rings. The van der Waals surface area contributed by atoms with Crippen molar-refractivity contribution in [3.63, 3.8) is 0 Å². The summed E-state index contributed by atoms with van der Waals surface area (Å²) in [7, 11) is 0. The maximum atomic E-state index is 12.6. The molecule has 180 valence electrons. The number of carboxylic acid groups (broad SMARTS) is 1. The van der Waals surface area contributed by atoms with E-state index in [2.05, 4.69) is 22.8 Å². The summed E-state index contributed by atoms with van der Waals surface area (Å²) in [5.74, 6) is -1.67. The van der Waals surface area contributed by atoms with Gasteiger partial charge < -0.3 is 20.5 Å². The van der Waals surface area contributed by atoms with Gasteiger partial charge in [0.15, 0.2) is 6.04 Å². The number of alkyl carbamates (subject to hydrolysis) is 1. The normalized spacial score (nSPS) is 13.7. The first-order valence-corrected chi connectivity index (χ1v) is 11.7. The molecule has 35 heavy (non-hydrogen) atoms. The summed E-state index contributed by atoms with van der Waals surface area (Å²) in [4.78, 5) is 36.8. The lowest BCUT2D eigenvalue weighted by molar-refractivity contribution is -0.142. The molecular formula is C28H28N2O5. The van der Waals surface area contributed by atoms with Crippen molar-refractivity contribution in [3.05, 3.63) is 95.6 Å². The first-order valence-electron chi connectivity index (χ1n) is 11.7. The lowest BCUT2D eigenvalue weighted by Crippen LogP contribution is -2.41. The molecule has 4 rings (SSSR count). The molecule has 0 saturated heterocycles. The number of hydrogen-bond donors (Lipinski definition) is 3. The summed E-state index contributed by atoms with van der Waals surface area (Å²) in [6.07, 6.45) is -0.179. The van der Waals surface area contributed by atoms with E-state index in [9.17, 15) is 19.5 Å². The molecule has 0 heterocycles. The number of carbonyl (C=O) groups excluding carboxylic acids is 2. The van der Waals surface area contributed by atoms with Crippen LogP contribution in [0.3, 0.4) is 0 Å². The minimum absolute atomic E-state index is 0.0567. The fraction of sp³-hybridized carbons (Fsp3) is 0.250. The van der Waals surface area contributed by atoms with Crippen LogP contribution in [0.25, 0.3) is 11.1 Å². The topological polar surface area (TPSA) is 105 Å². The van der Waals surface area contributed by atoms with E-state index in [0.717, 1.165) is 22.3 Å². The Morgan fingerprint density at radius 3 is 2.00 bits per heavy atom. The summed E-state index contributed by atoms with van der Waals surface area (Å²) in [5.41, 5.74) is 5.01. The van der Waals surface area contributed by atoms with Gasteiger partial charge in [0.25, 0.3) is 0 Å². The van der Waals surface area contributed by atoms with Gasteiger partial charge in [-0.25, -0.2) is 9.59 Å². The molecule has 0 saturated carbocycles. The van der Waals surface area contributed by atoms with Gasteiger partial charge in [-0.1, -0.05) is 85.8 Å². The number of rotatable bonds is 9. The van der Waals surface area contributed by atoms with E-state index in [-0.39, 0.29) is 18.9 Å². The van der Waals surface area contributed by atoms with Gasteiger partial charge in [-0.05, 0) is 34.2 Å². The van der Waals surface area contributed by atoms with Crippen molar-refractivity contribution in [1.82, 2.24) is 10.6 Å². The highest BCUT2D eigenvalue weighted by Crippen LogP contribution is 2.44. The lowest BCUT2D eigenvalue weighted by Gasteiger charge is -2.20. The van der Waals surface area contributed by atoms with Crippen LogP contribution in [0.5, 0.6) is 0 Å². The molecule has 3 aromatic rings. The van der Waals surface area contributed by atoms with Crippen molar-refractivity contribution in [2.24, 2.45) is 0 Å². The van der Waals surface area contributed by atoms with Crippen molar-refractivity contribution in [3.8, 4) is 11.1 Å². The molecule has 3 aromatic carbocycles. The van der Waals surface area contributed by atoms with Gasteiger partial charge in [0, 0.05) is 18.4 Å². The zero-order valence-electron chi connectivity index (χ0n) is 19.4. The summed E-state index contributed by atoms with van der Waals surface area (Å²) < 4.78 is 5.57. The second-order valence-corrected chi connectivity index (χ2v) is 8.53. The first kappa shape index (κ1) is 24.0. The molecule has 3 N–H and O–H groups in total. The Morgan fingerprint density at radius 1 is 0.857 bits per heavy atom. The molecule has 7 heteroatoms. The minimum Gasteiger partial charge on any atom is -0.479 e. The number of ether oxygens (including phenoxy) is 1. The largest absolute Gasteiger partial charge is 0.479 e. The maximum Gasteiger partial charge on any atom is 0.407 e. The third kappa shape index (κ3) is 5.51. The van der Waals surface area contributed by atoms with Crippen LogP contribution in [0.4, 0.5) is 4.79 Å². The number of aliphatic carboxylic acids is 1. The van der Waals surface area contributed by atoms with Crippen molar-refractivity contribution < 1.29 is 24.2 Å². The zero-order valence-corrected chi connectivity index (χ0v) is 19.4. The van der Waals surface area contributed by atoms with Crippen molar-refractivity contribution in [2.45, 2.75) is 37.8 Å². The summed E-state index contributed by atoms with van der Waals surface area (Å²) in [6, 6.07) is 23.0. The van der Waals surface area contributed by atoms with Crippen LogP contribution in [-0.4, -0.2) is 35.7 Å². The number of fused-ring (bicyclic) bond motifs is 3. The van der Waals surface area contributed by atoms with Gasteiger partial charge in [-0.3, -0.25) is 4.79 Å². The maximum absolute atomic E-state index is 12.6. The summed E-state index contributed by atoms with van der Waals surface area (Å²) in [5, 5.41) is 14.8. The smallest absolute Gasteiger partial charge is 0.407 e. The molecule has 0 bridgehead atoms. The SMILES string of the molecule is CC[C@H](CC(=O)N[C@H](C(=O)O)c1ccccc1)NC(=O)OCC1c2ccccc2-c2ccccc21. The van der Waals surface area contributed by atoms with Crippen LogP contribution in [0.2, 0.25) is 0 Å². The van der Waals surface area contributed by atoms with E-state index in [1.165, 1.54) is 0 Å². The van der Waals surface area contributed by atoms with E-state index in [1.807, 2.05) is 43.3 Å². The van der Waals surface area contributed by atoms with Crippen LogP contribution >= 0.6 is 0 Å². The van der Waals surface area contributed by atoms with Crippen LogP contribution in [0.1, 0.15) is 48.4 Å². The first-order chi connectivity index (χ1) is 17.0. The molecule has 0 unspecified atom stereocenters. The van der Waals surface area contributed by atoms with Crippen molar-refractivity contribution >= 4 is 18.0 Å². The Bertz CT molecular complexity index is 1170. The van der Waals surface area contributed by atoms with Gasteiger partial charge in [-0.2, -0.15) is 0 Å². The van der Waals surface area contributed by atoms with Crippen molar-refractivity contribution in [2.75, 3.05) is 6.61 Å². The Balaban J connectivity index is 1.34. The third-order valence-electron chi connectivity index (χ3n) is 6.28. The third-order valence-corrected chi connectivity index (χ3v) is 6.28. The van der Waals surface area contributed by atoms with Crippen LogP contribution in [0, 0.1) is 0 Å². The minimum atomic E-state index is -1.16. The molecule has 0 spiro atoms. The fourth-order valence-corrected chi connectivity index (χ4v) is 4.48. The van der Waals surface area contributed by atoms with Gasteiger partial charge in [0.05, 0.1) is 0 Å². The average molecular weight is 473 g/mol. The number of carbonyl (C=O) groups is 3. The van der Waals surface area contributed by atoms with E-state index in [4.69, 9.17) is 4.74 Å². The Hall–Kier alpha value is -4.13. The second kappa shape index (κ2) is 10.9. The highest BCUT2D eigenvalue weighted by atomic mass is 16.5. The highest BCUT2D eigenvalue weighted by Gasteiger charge is 2.29.